The van der Waals surface area contributed by atoms with Crippen molar-refractivity contribution >= 4 is 11.7 Å². The van der Waals surface area contributed by atoms with E-state index in [-0.39, 0.29) is 0 Å². The molecule has 0 aliphatic carbocycles. The van der Waals surface area contributed by atoms with Crippen LogP contribution in [-0.4, -0.2) is 13.1 Å². The number of methoxy groups -OCH3 is 1. The van der Waals surface area contributed by atoms with Crippen molar-refractivity contribution in [3.05, 3.63) is 101 Å². The van der Waals surface area contributed by atoms with E-state index in [1.165, 1.54) is 7.11 Å². The van der Waals surface area contributed by atoms with E-state index in [2.05, 4.69) is 5.32 Å². The van der Waals surface area contributed by atoms with E-state index in [9.17, 15) is 4.79 Å². The van der Waals surface area contributed by atoms with Gasteiger partial charge in [-0.2, -0.15) is 0 Å². The van der Waals surface area contributed by atoms with E-state index in [1.807, 2.05) is 78.9 Å². The van der Waals surface area contributed by atoms with Gasteiger partial charge >= 0.3 is 5.97 Å². The molecule has 0 bridgehead atoms. The quantitative estimate of drug-likeness (QED) is 0.625. The second-order valence-corrected chi connectivity index (χ2v) is 6.56. The summed E-state index contributed by atoms with van der Waals surface area (Å²) in [5, 5.41) is 3.13. The van der Waals surface area contributed by atoms with Crippen LogP contribution < -0.4 is 10.1 Å². The largest absolute Gasteiger partial charge is 0.486 e. The second-order valence-electron chi connectivity index (χ2n) is 6.56. The van der Waals surface area contributed by atoms with E-state index in [0.717, 1.165) is 28.2 Å². The van der Waals surface area contributed by atoms with Crippen LogP contribution in [0.1, 0.15) is 16.7 Å². The number of hydrogen-bond acceptors (Lipinski definition) is 5. The number of nitrogens with one attached hydrogen (secondary N) is 1. The van der Waals surface area contributed by atoms with Crippen LogP contribution in [0.15, 0.2) is 84.6 Å². The molecule has 1 aliphatic rings. The van der Waals surface area contributed by atoms with Crippen molar-refractivity contribution in [3.63, 3.8) is 0 Å². The Kier molecular flexibility index (Phi) is 5.47. The van der Waals surface area contributed by atoms with Gasteiger partial charge in [0.25, 0.3) is 0 Å². The van der Waals surface area contributed by atoms with Crippen molar-refractivity contribution in [1.29, 1.82) is 0 Å². The Hall–Kier alpha value is -3.73. The number of fused-ring (bicyclic) bond motifs is 1. The highest BCUT2D eigenvalue weighted by Crippen LogP contribution is 2.32. The van der Waals surface area contributed by atoms with Crippen molar-refractivity contribution in [1.82, 2.24) is 5.32 Å². The molecule has 5 nitrogen and oxygen atoms in total. The topological polar surface area (TPSA) is 56.8 Å². The number of hydrogen-bond donors (Lipinski definition) is 1. The van der Waals surface area contributed by atoms with Gasteiger partial charge in [0.1, 0.15) is 18.1 Å². The fourth-order valence-electron chi connectivity index (χ4n) is 3.17. The maximum Gasteiger partial charge on any atom is 0.358 e. The summed E-state index contributed by atoms with van der Waals surface area (Å²) in [6, 6.07) is 25.2. The third-order valence-electron chi connectivity index (χ3n) is 4.60. The first kappa shape index (κ1) is 18.6. The number of rotatable bonds is 6. The Balaban J connectivity index is 1.63. The average Bonchev–Trinajstić information content (AvgIpc) is 2.78. The zero-order chi connectivity index (χ0) is 20.1. The van der Waals surface area contributed by atoms with Gasteiger partial charge in [-0.3, -0.25) is 0 Å². The smallest absolute Gasteiger partial charge is 0.358 e. The van der Waals surface area contributed by atoms with Gasteiger partial charge in [-0.25, -0.2) is 4.79 Å². The molecule has 0 unspecified atom stereocenters. The highest BCUT2D eigenvalue weighted by molar-refractivity contribution is 5.96. The van der Waals surface area contributed by atoms with Gasteiger partial charge < -0.3 is 19.5 Å². The number of carbonyl (C=O) groups is 1. The molecule has 0 aromatic heterocycles. The van der Waals surface area contributed by atoms with Crippen LogP contribution in [-0.2, 0) is 27.4 Å². The van der Waals surface area contributed by atoms with E-state index in [1.54, 1.807) is 0 Å². The number of carbonyl (C=O) groups excluding carboxylic acids is 1. The molecule has 1 aliphatic heterocycles. The van der Waals surface area contributed by atoms with Crippen LogP contribution >= 0.6 is 0 Å². The molecular weight excluding hydrogens is 366 g/mol. The predicted molar refractivity (Wildman–Crippen MR) is 110 cm³/mol. The molecule has 0 radical (unpaired) electrons. The minimum Gasteiger partial charge on any atom is -0.486 e. The van der Waals surface area contributed by atoms with Crippen LogP contribution in [0, 0.1) is 0 Å². The van der Waals surface area contributed by atoms with Gasteiger partial charge in [0, 0.05) is 12.1 Å². The van der Waals surface area contributed by atoms with Crippen LogP contribution in [0.2, 0.25) is 0 Å². The number of esters is 1. The maximum absolute atomic E-state index is 12.3. The van der Waals surface area contributed by atoms with E-state index in [0.29, 0.717) is 24.6 Å². The van der Waals surface area contributed by atoms with Gasteiger partial charge in [-0.1, -0.05) is 48.5 Å². The fourth-order valence-corrected chi connectivity index (χ4v) is 3.17. The summed E-state index contributed by atoms with van der Waals surface area (Å²) in [4.78, 5) is 12.3. The first-order valence-electron chi connectivity index (χ1n) is 9.34. The van der Waals surface area contributed by atoms with Gasteiger partial charge in [0.05, 0.1) is 7.11 Å². The Labute approximate surface area is 169 Å². The van der Waals surface area contributed by atoms with E-state index in [4.69, 9.17) is 14.2 Å². The third kappa shape index (κ3) is 4.24. The normalized spacial score (nSPS) is 12.6. The molecule has 0 atom stereocenters. The summed E-state index contributed by atoms with van der Waals surface area (Å²) in [7, 11) is 1.36. The Bertz CT molecular complexity index is 1030. The Morgan fingerprint density at radius 2 is 1.66 bits per heavy atom. The molecule has 1 N–H and O–H groups in total. The van der Waals surface area contributed by atoms with E-state index >= 15 is 0 Å². The summed E-state index contributed by atoms with van der Waals surface area (Å²) in [6.07, 6.45) is 0. The van der Waals surface area contributed by atoms with Gasteiger partial charge in [-0.15, -0.1) is 0 Å². The summed E-state index contributed by atoms with van der Waals surface area (Å²) >= 11 is 0. The molecule has 0 saturated carbocycles. The zero-order valence-electron chi connectivity index (χ0n) is 16.1. The van der Waals surface area contributed by atoms with Crippen LogP contribution in [0.5, 0.6) is 11.5 Å². The first-order chi connectivity index (χ1) is 14.2. The molecule has 4 rings (SSSR count). The van der Waals surface area contributed by atoms with Gasteiger partial charge in [0.15, 0.2) is 11.5 Å². The molecule has 0 fully saturated rings. The monoisotopic (exact) mass is 387 g/mol. The minimum atomic E-state index is -0.455. The SMILES string of the molecule is COC(=O)C1=C(OCc2ccccc2)c2ccc(Oc3ccccc3)cc2CN1. The predicted octanol–water partition coefficient (Wildman–Crippen LogP) is 4.64. The lowest BCUT2D eigenvalue weighted by Gasteiger charge is -2.24. The summed E-state index contributed by atoms with van der Waals surface area (Å²) < 4.78 is 16.9. The highest BCUT2D eigenvalue weighted by Gasteiger charge is 2.26. The molecule has 3 aromatic carbocycles. The van der Waals surface area contributed by atoms with Crippen molar-refractivity contribution in [2.24, 2.45) is 0 Å². The molecule has 5 heteroatoms. The molecule has 1 heterocycles. The molecule has 3 aromatic rings. The average molecular weight is 387 g/mol. The second kappa shape index (κ2) is 8.52. The molecule has 0 amide bonds. The van der Waals surface area contributed by atoms with Gasteiger partial charge in [-0.05, 0) is 41.5 Å². The summed E-state index contributed by atoms with van der Waals surface area (Å²) in [5.74, 6) is 1.51. The Morgan fingerprint density at radius 1 is 0.931 bits per heavy atom. The zero-order valence-corrected chi connectivity index (χ0v) is 16.1. The van der Waals surface area contributed by atoms with Crippen molar-refractivity contribution in [2.45, 2.75) is 13.2 Å². The fraction of sp³-hybridized carbons (Fsp3) is 0.125. The van der Waals surface area contributed by atoms with Crippen molar-refractivity contribution in [2.75, 3.05) is 7.11 Å². The standard InChI is InChI=1S/C24H21NO4/c1-27-24(26)22-23(28-16-17-8-4-2-5-9-17)21-13-12-20(14-18(21)15-25-22)29-19-10-6-3-7-11-19/h2-14,25H,15-16H2,1H3. The molecule has 0 saturated heterocycles. The lowest BCUT2D eigenvalue weighted by molar-refractivity contribution is -0.136. The van der Waals surface area contributed by atoms with Gasteiger partial charge in [0.2, 0.25) is 0 Å². The number of benzene rings is 3. The third-order valence-corrected chi connectivity index (χ3v) is 4.60. The van der Waals surface area contributed by atoms with Crippen LogP contribution in [0.3, 0.4) is 0 Å². The lowest BCUT2D eigenvalue weighted by Crippen LogP contribution is -2.28. The maximum atomic E-state index is 12.3. The first-order valence-corrected chi connectivity index (χ1v) is 9.34. The lowest BCUT2D eigenvalue weighted by atomic mass is 10.00. The molecule has 146 valence electrons. The summed E-state index contributed by atoms with van der Waals surface area (Å²) in [6.45, 7) is 0.823. The molecule has 0 spiro atoms. The minimum absolute atomic E-state index is 0.327. The van der Waals surface area contributed by atoms with Crippen LogP contribution in [0.4, 0.5) is 0 Å². The molecule has 29 heavy (non-hydrogen) atoms. The van der Waals surface area contributed by atoms with Crippen LogP contribution in [0.25, 0.3) is 5.76 Å². The number of para-hydroxylation sites is 1. The highest BCUT2D eigenvalue weighted by atomic mass is 16.5. The number of ether oxygens (including phenoxy) is 3. The Morgan fingerprint density at radius 3 is 2.38 bits per heavy atom. The van der Waals surface area contributed by atoms with E-state index < -0.39 is 5.97 Å². The summed E-state index contributed by atoms with van der Waals surface area (Å²) in [5.41, 5.74) is 3.17. The van der Waals surface area contributed by atoms with Crippen molar-refractivity contribution in [3.8, 4) is 11.5 Å². The molecular formula is C24H21NO4. The van der Waals surface area contributed by atoms with Crippen molar-refractivity contribution < 1.29 is 19.0 Å².